The van der Waals surface area contributed by atoms with Crippen molar-refractivity contribution >= 4 is 23.5 Å². The molecule has 3 aliphatic heterocycles. The molecule has 5 rings (SSSR count). The van der Waals surface area contributed by atoms with Gasteiger partial charge in [0.25, 0.3) is 0 Å². The largest absolute Gasteiger partial charge is 0.372 e. The zero-order valence-corrected chi connectivity index (χ0v) is 17.5. The van der Waals surface area contributed by atoms with Crippen LogP contribution in [-0.2, 0) is 20.7 Å². The molecule has 9 heteroatoms. The van der Waals surface area contributed by atoms with Crippen LogP contribution in [0.3, 0.4) is 0 Å². The Bertz CT molecular complexity index is 1100. The summed E-state index contributed by atoms with van der Waals surface area (Å²) in [6.07, 6.45) is 1.39. The van der Waals surface area contributed by atoms with Gasteiger partial charge >= 0.3 is 6.03 Å². The van der Waals surface area contributed by atoms with Gasteiger partial charge in [-0.25, -0.2) is 14.8 Å². The molecule has 2 N–H and O–H groups in total. The molecule has 4 heterocycles. The van der Waals surface area contributed by atoms with Gasteiger partial charge in [0.15, 0.2) is 11.2 Å². The lowest BCUT2D eigenvalue weighted by Gasteiger charge is -2.55. The second-order valence-electron chi connectivity index (χ2n) is 8.50. The lowest BCUT2D eigenvalue weighted by molar-refractivity contribution is -0.153. The molecule has 2 saturated heterocycles. The van der Waals surface area contributed by atoms with Crippen LogP contribution in [0.5, 0.6) is 0 Å². The number of urea groups is 1. The maximum Gasteiger partial charge on any atom is 0.328 e. The van der Waals surface area contributed by atoms with E-state index in [1.807, 2.05) is 45.0 Å². The van der Waals surface area contributed by atoms with E-state index in [-0.39, 0.29) is 18.6 Å². The summed E-state index contributed by atoms with van der Waals surface area (Å²) < 4.78 is 6.02. The van der Waals surface area contributed by atoms with E-state index in [2.05, 4.69) is 25.5 Å². The number of ether oxygens (including phenoxy) is 1. The SMILES string of the molecule is Cc1ccnc(-c2ccc3c(c2)CC2(C(=O)NC(=O)NC2=O)[C@H]2[C@H](C)O[C@H](C)CN32)n1. The van der Waals surface area contributed by atoms with Gasteiger partial charge in [0.1, 0.15) is 0 Å². The molecule has 1 spiro atoms. The Morgan fingerprint density at radius 1 is 1.13 bits per heavy atom. The fourth-order valence-corrected chi connectivity index (χ4v) is 5.17. The van der Waals surface area contributed by atoms with Gasteiger partial charge in [-0.05, 0) is 57.0 Å². The normalized spacial score (nSPS) is 26.7. The average Bonchev–Trinajstić information content (AvgIpc) is 2.71. The highest BCUT2D eigenvalue weighted by atomic mass is 16.5. The molecular formula is C22H23N5O4. The highest BCUT2D eigenvalue weighted by Crippen LogP contribution is 2.47. The highest BCUT2D eigenvalue weighted by molar-refractivity contribution is 6.20. The van der Waals surface area contributed by atoms with Crippen LogP contribution in [-0.4, -0.2) is 52.6 Å². The molecule has 0 saturated carbocycles. The Hall–Kier alpha value is -3.33. The number of nitrogens with one attached hydrogen (secondary N) is 2. The van der Waals surface area contributed by atoms with Crippen LogP contribution in [0.15, 0.2) is 30.5 Å². The van der Waals surface area contributed by atoms with E-state index in [1.165, 1.54) is 0 Å². The second-order valence-corrected chi connectivity index (χ2v) is 8.50. The summed E-state index contributed by atoms with van der Waals surface area (Å²) in [5, 5.41) is 4.61. The molecule has 4 amide bonds. The first-order valence-corrected chi connectivity index (χ1v) is 10.3. The van der Waals surface area contributed by atoms with Gasteiger partial charge < -0.3 is 9.64 Å². The van der Waals surface area contributed by atoms with Crippen LogP contribution in [0.4, 0.5) is 10.5 Å². The number of nitrogens with zero attached hydrogens (tertiary/aromatic N) is 3. The topological polar surface area (TPSA) is 114 Å². The molecule has 3 aliphatic rings. The lowest BCUT2D eigenvalue weighted by atomic mass is 9.66. The number of rotatable bonds is 1. The molecule has 3 atom stereocenters. The number of anilines is 1. The quantitative estimate of drug-likeness (QED) is 0.668. The van der Waals surface area contributed by atoms with Gasteiger partial charge in [-0.15, -0.1) is 0 Å². The summed E-state index contributed by atoms with van der Waals surface area (Å²) in [7, 11) is 0. The molecule has 0 aliphatic carbocycles. The first-order valence-electron chi connectivity index (χ1n) is 10.3. The van der Waals surface area contributed by atoms with Crippen molar-refractivity contribution < 1.29 is 19.1 Å². The van der Waals surface area contributed by atoms with Crippen LogP contribution < -0.4 is 15.5 Å². The van der Waals surface area contributed by atoms with Gasteiger partial charge in [-0.3, -0.25) is 20.2 Å². The minimum Gasteiger partial charge on any atom is -0.372 e. The van der Waals surface area contributed by atoms with Gasteiger partial charge in [0, 0.05) is 29.7 Å². The molecule has 2 aromatic rings. The summed E-state index contributed by atoms with van der Waals surface area (Å²) in [5.74, 6) is -0.608. The number of aromatic nitrogens is 2. The molecule has 160 valence electrons. The predicted molar refractivity (Wildman–Crippen MR) is 111 cm³/mol. The van der Waals surface area contributed by atoms with Gasteiger partial charge in [0.2, 0.25) is 11.8 Å². The molecular weight excluding hydrogens is 398 g/mol. The fourth-order valence-electron chi connectivity index (χ4n) is 5.17. The van der Waals surface area contributed by atoms with E-state index in [4.69, 9.17) is 4.74 Å². The summed E-state index contributed by atoms with van der Waals surface area (Å²) in [4.78, 5) is 49.1. The molecule has 1 aromatic heterocycles. The van der Waals surface area contributed by atoms with Crippen molar-refractivity contribution in [3.05, 3.63) is 41.7 Å². The van der Waals surface area contributed by atoms with E-state index in [9.17, 15) is 14.4 Å². The maximum atomic E-state index is 13.2. The van der Waals surface area contributed by atoms with Crippen LogP contribution in [0.2, 0.25) is 0 Å². The first-order chi connectivity index (χ1) is 14.8. The van der Waals surface area contributed by atoms with Crippen molar-refractivity contribution in [2.45, 2.75) is 45.4 Å². The van der Waals surface area contributed by atoms with Crippen molar-refractivity contribution in [3.8, 4) is 11.4 Å². The average molecular weight is 421 g/mol. The zero-order valence-electron chi connectivity index (χ0n) is 17.5. The third-order valence-corrected chi connectivity index (χ3v) is 6.36. The van der Waals surface area contributed by atoms with E-state index in [0.717, 1.165) is 22.5 Å². The number of amides is 4. The predicted octanol–water partition coefficient (Wildman–Crippen LogP) is 1.34. The van der Waals surface area contributed by atoms with Crippen LogP contribution >= 0.6 is 0 Å². The third kappa shape index (κ3) is 2.91. The number of aryl methyl sites for hydroxylation is 1. The van der Waals surface area contributed by atoms with Crippen LogP contribution in [0, 0.1) is 12.3 Å². The summed E-state index contributed by atoms with van der Waals surface area (Å²) in [6, 6.07) is 6.38. The second kappa shape index (κ2) is 6.84. The number of imide groups is 2. The molecule has 0 unspecified atom stereocenters. The van der Waals surface area contributed by atoms with Crippen molar-refractivity contribution in [1.29, 1.82) is 0 Å². The van der Waals surface area contributed by atoms with E-state index < -0.39 is 29.3 Å². The maximum absolute atomic E-state index is 13.2. The zero-order chi connectivity index (χ0) is 21.9. The molecule has 2 fully saturated rings. The number of morpholine rings is 1. The van der Waals surface area contributed by atoms with Gasteiger partial charge in [-0.1, -0.05) is 0 Å². The summed E-state index contributed by atoms with van der Waals surface area (Å²) in [6.45, 7) is 6.26. The number of carbonyl (C=O) groups is 3. The molecule has 0 radical (unpaired) electrons. The highest BCUT2D eigenvalue weighted by Gasteiger charge is 2.62. The van der Waals surface area contributed by atoms with E-state index in [0.29, 0.717) is 12.4 Å². The Morgan fingerprint density at radius 2 is 1.87 bits per heavy atom. The molecule has 31 heavy (non-hydrogen) atoms. The van der Waals surface area contributed by atoms with Gasteiger partial charge in [-0.2, -0.15) is 0 Å². The number of barbiturate groups is 1. The summed E-state index contributed by atoms with van der Waals surface area (Å²) >= 11 is 0. The van der Waals surface area contributed by atoms with Crippen molar-refractivity contribution in [1.82, 2.24) is 20.6 Å². The standard InChI is InChI=1S/C22H23N5O4/c1-11-6-7-23-18(24-11)14-4-5-16-15(8-14)9-22(19(28)25-21(30)26-20(22)29)17-13(3)31-12(2)10-27(16)17/h4-8,12-13,17H,9-10H2,1-3H3,(H2,25,26,28,29,30)/t12-,13+,17-/m1/s1. The fraction of sp³-hybridized carbons (Fsp3) is 0.409. The minimum atomic E-state index is -1.48. The van der Waals surface area contributed by atoms with Crippen molar-refractivity contribution in [2.24, 2.45) is 5.41 Å². The van der Waals surface area contributed by atoms with Crippen molar-refractivity contribution in [3.63, 3.8) is 0 Å². The van der Waals surface area contributed by atoms with Crippen LogP contribution in [0.1, 0.15) is 25.1 Å². The third-order valence-electron chi connectivity index (χ3n) is 6.36. The van der Waals surface area contributed by atoms with Gasteiger partial charge in [0.05, 0.1) is 18.2 Å². The number of benzene rings is 1. The Kier molecular flexibility index (Phi) is 4.33. The number of hydrogen-bond donors (Lipinski definition) is 2. The Morgan fingerprint density at radius 3 is 2.58 bits per heavy atom. The lowest BCUT2D eigenvalue weighted by Crippen LogP contribution is -2.75. The molecule has 0 bridgehead atoms. The Labute approximate surface area is 179 Å². The van der Waals surface area contributed by atoms with E-state index in [1.54, 1.807) is 6.20 Å². The van der Waals surface area contributed by atoms with Crippen molar-refractivity contribution in [2.75, 3.05) is 11.4 Å². The monoisotopic (exact) mass is 421 g/mol. The number of fused-ring (bicyclic) bond motifs is 4. The van der Waals surface area contributed by atoms with Crippen LogP contribution in [0.25, 0.3) is 11.4 Å². The number of carbonyl (C=O) groups excluding carboxylic acids is 3. The first kappa shape index (κ1) is 19.6. The molecule has 1 aromatic carbocycles. The number of hydrogen-bond acceptors (Lipinski definition) is 7. The summed E-state index contributed by atoms with van der Waals surface area (Å²) in [5.41, 5.74) is 1.95. The smallest absolute Gasteiger partial charge is 0.328 e. The van der Waals surface area contributed by atoms with E-state index >= 15 is 0 Å². The Balaban J connectivity index is 1.67. The molecule has 9 nitrogen and oxygen atoms in total. The minimum absolute atomic E-state index is 0.0784.